The van der Waals surface area contributed by atoms with Crippen LogP contribution < -0.4 is 10.6 Å². The van der Waals surface area contributed by atoms with Gasteiger partial charge in [-0.1, -0.05) is 70.2 Å². The van der Waals surface area contributed by atoms with Crippen molar-refractivity contribution < 1.29 is 0 Å². The Balaban J connectivity index is 0.000000621. The molecule has 1 aromatic rings. The monoisotopic (exact) mass is 386 g/mol. The first-order chi connectivity index (χ1) is 13.4. The van der Waals surface area contributed by atoms with Crippen LogP contribution in [0.3, 0.4) is 0 Å². The summed E-state index contributed by atoms with van der Waals surface area (Å²) in [7, 11) is 0. The van der Waals surface area contributed by atoms with Crippen molar-refractivity contribution in [2.75, 3.05) is 13.1 Å². The van der Waals surface area contributed by atoms with Crippen LogP contribution in [0, 0.1) is 12.8 Å². The number of rotatable bonds is 14. The molecule has 0 aliphatic heterocycles. The Morgan fingerprint density at radius 3 is 2.11 bits per heavy atom. The van der Waals surface area contributed by atoms with Crippen LogP contribution >= 0.6 is 0 Å². The van der Waals surface area contributed by atoms with Gasteiger partial charge in [-0.3, -0.25) is 0 Å². The van der Waals surface area contributed by atoms with Gasteiger partial charge in [0.15, 0.2) is 0 Å². The Kier molecular flexibility index (Phi) is 16.3. The molecule has 0 aliphatic rings. The van der Waals surface area contributed by atoms with Crippen LogP contribution in [0.25, 0.3) is 0 Å². The molecule has 0 unspecified atom stereocenters. The summed E-state index contributed by atoms with van der Waals surface area (Å²) in [4.78, 5) is 0. The highest BCUT2D eigenvalue weighted by Gasteiger charge is 1.97. The van der Waals surface area contributed by atoms with E-state index in [1.54, 1.807) is 0 Å². The molecule has 160 valence electrons. The molecule has 0 aliphatic carbocycles. The molecule has 0 spiro atoms. The summed E-state index contributed by atoms with van der Waals surface area (Å²) < 4.78 is 0. The zero-order valence-electron chi connectivity index (χ0n) is 19.4. The van der Waals surface area contributed by atoms with Gasteiger partial charge in [-0.2, -0.15) is 0 Å². The fourth-order valence-electron chi connectivity index (χ4n) is 2.75. The SMILES string of the molecule is C=C(CCC(C)C)NCC.C=C(CCCCc1ccc(C)cc1)NCCCC. The van der Waals surface area contributed by atoms with Crippen LogP contribution in [0.15, 0.2) is 48.8 Å². The summed E-state index contributed by atoms with van der Waals surface area (Å²) in [6, 6.07) is 8.87. The molecule has 0 heterocycles. The van der Waals surface area contributed by atoms with E-state index in [-0.39, 0.29) is 0 Å². The van der Waals surface area contributed by atoms with E-state index in [1.165, 1.54) is 61.0 Å². The third-order valence-corrected chi connectivity index (χ3v) is 4.67. The van der Waals surface area contributed by atoms with E-state index in [9.17, 15) is 0 Å². The van der Waals surface area contributed by atoms with Gasteiger partial charge in [-0.15, -0.1) is 0 Å². The molecule has 0 saturated carbocycles. The number of allylic oxidation sites excluding steroid dienone is 2. The summed E-state index contributed by atoms with van der Waals surface area (Å²) in [5.41, 5.74) is 5.17. The van der Waals surface area contributed by atoms with Gasteiger partial charge in [0, 0.05) is 24.5 Å². The van der Waals surface area contributed by atoms with Gasteiger partial charge < -0.3 is 10.6 Å². The third-order valence-electron chi connectivity index (χ3n) is 4.67. The lowest BCUT2D eigenvalue weighted by Crippen LogP contribution is -2.13. The number of aryl methyl sites for hydroxylation is 2. The lowest BCUT2D eigenvalue weighted by atomic mass is 10.1. The maximum absolute atomic E-state index is 4.07. The zero-order valence-corrected chi connectivity index (χ0v) is 19.4. The predicted octanol–water partition coefficient (Wildman–Crippen LogP) is 7.16. The van der Waals surface area contributed by atoms with E-state index in [1.807, 2.05) is 0 Å². The molecule has 1 aromatic carbocycles. The van der Waals surface area contributed by atoms with Gasteiger partial charge in [-0.25, -0.2) is 0 Å². The van der Waals surface area contributed by atoms with Crippen molar-refractivity contribution in [2.24, 2.45) is 5.92 Å². The first-order valence-corrected chi connectivity index (χ1v) is 11.3. The minimum atomic E-state index is 0.787. The zero-order chi connectivity index (χ0) is 21.2. The second-order valence-electron chi connectivity index (χ2n) is 8.14. The quantitative estimate of drug-likeness (QED) is 0.331. The number of hydrogen-bond donors (Lipinski definition) is 2. The van der Waals surface area contributed by atoms with E-state index in [4.69, 9.17) is 0 Å². The molecule has 1 rings (SSSR count). The van der Waals surface area contributed by atoms with Gasteiger partial charge in [0.1, 0.15) is 0 Å². The maximum Gasteiger partial charge on any atom is 0.0143 e. The molecule has 2 heteroatoms. The van der Waals surface area contributed by atoms with Crippen LogP contribution in [0.2, 0.25) is 0 Å². The average molecular weight is 387 g/mol. The Morgan fingerprint density at radius 2 is 1.54 bits per heavy atom. The Hall–Kier alpha value is -1.70. The average Bonchev–Trinajstić information content (AvgIpc) is 2.66. The molecule has 0 radical (unpaired) electrons. The maximum atomic E-state index is 4.07. The standard InChI is InChI=1S/C17H27N.C9H19N/c1-4-5-14-18-16(3)8-6-7-9-17-12-10-15(2)11-13-17;1-5-10-9(4)7-6-8(2)3/h10-13,18H,3-9,14H2,1-2H3;8,10H,4-7H2,1-3H3. The molecule has 0 saturated heterocycles. The van der Waals surface area contributed by atoms with E-state index < -0.39 is 0 Å². The molecular weight excluding hydrogens is 340 g/mol. The highest BCUT2D eigenvalue weighted by molar-refractivity contribution is 5.21. The van der Waals surface area contributed by atoms with Crippen molar-refractivity contribution in [3.8, 4) is 0 Å². The van der Waals surface area contributed by atoms with Gasteiger partial charge in [0.25, 0.3) is 0 Å². The van der Waals surface area contributed by atoms with Crippen molar-refractivity contribution >= 4 is 0 Å². The molecule has 0 bridgehead atoms. The normalized spacial score (nSPS) is 10.2. The highest BCUT2D eigenvalue weighted by atomic mass is 14.9. The Morgan fingerprint density at radius 1 is 0.893 bits per heavy atom. The number of nitrogens with one attached hydrogen (secondary N) is 2. The molecular formula is C26H46N2. The highest BCUT2D eigenvalue weighted by Crippen LogP contribution is 2.10. The second kappa shape index (κ2) is 17.4. The molecule has 2 N–H and O–H groups in total. The van der Waals surface area contributed by atoms with E-state index in [0.717, 1.165) is 31.8 Å². The Labute approximate surface area is 175 Å². The summed E-state index contributed by atoms with van der Waals surface area (Å²) in [5.74, 6) is 0.787. The van der Waals surface area contributed by atoms with Crippen LogP contribution in [0.4, 0.5) is 0 Å². The van der Waals surface area contributed by atoms with Crippen LogP contribution in [0.1, 0.15) is 83.8 Å². The van der Waals surface area contributed by atoms with Gasteiger partial charge in [-0.05, 0) is 70.3 Å². The number of unbranched alkanes of at least 4 members (excludes halogenated alkanes) is 2. The third kappa shape index (κ3) is 16.5. The lowest BCUT2D eigenvalue weighted by Gasteiger charge is -2.08. The molecule has 0 fully saturated rings. The fourth-order valence-corrected chi connectivity index (χ4v) is 2.75. The van der Waals surface area contributed by atoms with E-state index in [0.29, 0.717) is 0 Å². The molecule has 28 heavy (non-hydrogen) atoms. The van der Waals surface area contributed by atoms with E-state index in [2.05, 4.69) is 82.7 Å². The van der Waals surface area contributed by atoms with Gasteiger partial charge >= 0.3 is 0 Å². The summed E-state index contributed by atoms with van der Waals surface area (Å²) in [6.45, 7) is 21.0. The summed E-state index contributed by atoms with van der Waals surface area (Å²) >= 11 is 0. The minimum Gasteiger partial charge on any atom is -0.389 e. The van der Waals surface area contributed by atoms with Crippen molar-refractivity contribution in [3.63, 3.8) is 0 Å². The first kappa shape index (κ1) is 26.3. The fraction of sp³-hybridized carbons (Fsp3) is 0.615. The molecule has 2 nitrogen and oxygen atoms in total. The van der Waals surface area contributed by atoms with Gasteiger partial charge in [0.05, 0.1) is 0 Å². The predicted molar refractivity (Wildman–Crippen MR) is 128 cm³/mol. The minimum absolute atomic E-state index is 0.787. The topological polar surface area (TPSA) is 24.1 Å². The van der Waals surface area contributed by atoms with Crippen LogP contribution in [0.5, 0.6) is 0 Å². The van der Waals surface area contributed by atoms with Crippen LogP contribution in [-0.4, -0.2) is 13.1 Å². The van der Waals surface area contributed by atoms with Crippen molar-refractivity contribution in [2.45, 2.75) is 86.0 Å². The molecule has 0 atom stereocenters. The number of hydrogen-bond acceptors (Lipinski definition) is 2. The molecule has 0 amide bonds. The van der Waals surface area contributed by atoms with Crippen molar-refractivity contribution in [3.05, 3.63) is 59.9 Å². The van der Waals surface area contributed by atoms with Crippen molar-refractivity contribution in [1.82, 2.24) is 10.6 Å². The van der Waals surface area contributed by atoms with Gasteiger partial charge in [0.2, 0.25) is 0 Å². The van der Waals surface area contributed by atoms with E-state index >= 15 is 0 Å². The smallest absolute Gasteiger partial charge is 0.0143 e. The Bertz CT molecular complexity index is 514. The summed E-state index contributed by atoms with van der Waals surface area (Å²) in [6.07, 6.45) is 9.61. The number of benzene rings is 1. The van der Waals surface area contributed by atoms with Crippen molar-refractivity contribution in [1.29, 1.82) is 0 Å². The first-order valence-electron chi connectivity index (χ1n) is 11.3. The lowest BCUT2D eigenvalue weighted by molar-refractivity contribution is 0.570. The molecule has 0 aromatic heterocycles. The second-order valence-corrected chi connectivity index (χ2v) is 8.14. The summed E-state index contributed by atoms with van der Waals surface area (Å²) in [5, 5.41) is 6.60. The largest absolute Gasteiger partial charge is 0.389 e. The van der Waals surface area contributed by atoms with Crippen LogP contribution in [-0.2, 0) is 6.42 Å².